The van der Waals surface area contributed by atoms with Crippen LogP contribution in [0.15, 0.2) is 71.1 Å². The fourth-order valence-electron chi connectivity index (χ4n) is 5.59. The van der Waals surface area contributed by atoms with Gasteiger partial charge in [-0.3, -0.25) is 4.90 Å². The van der Waals surface area contributed by atoms with Gasteiger partial charge in [0.1, 0.15) is 24.3 Å². The molecule has 5 rings (SSSR count). The smallest absolute Gasteiger partial charge is 0.416 e. The first kappa shape index (κ1) is 34.2. The Hall–Kier alpha value is -5.69. The summed E-state index contributed by atoms with van der Waals surface area (Å²) in [6, 6.07) is 10.5. The molecule has 2 atom stereocenters. The van der Waals surface area contributed by atoms with E-state index in [0.29, 0.717) is 27.7 Å². The Kier molecular flexibility index (Phi) is 9.71. The zero-order valence-corrected chi connectivity index (χ0v) is 26.0. The average Bonchev–Trinajstić information content (AvgIpc) is 3.70. The largest absolute Gasteiger partial charge is 0.554 e. The fraction of sp³-hybridized carbons (Fsp3) is 0.290. The predicted molar refractivity (Wildman–Crippen MR) is 159 cm³/mol. The third kappa shape index (κ3) is 6.65. The van der Waals surface area contributed by atoms with Crippen LogP contribution in [0.2, 0.25) is 0 Å². The summed E-state index contributed by atoms with van der Waals surface area (Å²) < 4.78 is 47.7. The normalized spacial score (nSPS) is 15.2. The number of carboxylic acid groups (broad SMARTS) is 1. The van der Waals surface area contributed by atoms with Crippen LogP contribution >= 0.6 is 0 Å². The van der Waals surface area contributed by atoms with E-state index in [4.69, 9.17) is 14.6 Å². The number of fused-ring (bicyclic) bond motifs is 1. The Labute approximate surface area is 266 Å². The highest BCUT2D eigenvalue weighted by Gasteiger charge is 2.42. The summed E-state index contributed by atoms with van der Waals surface area (Å²) in [6.07, 6.45) is -1.23. The minimum atomic E-state index is -4.63. The van der Waals surface area contributed by atoms with E-state index >= 15 is 0 Å². The number of nitriles is 1. The van der Waals surface area contributed by atoms with E-state index in [9.17, 15) is 28.0 Å². The number of nitrogens with zero attached hydrogens (tertiary/aromatic N) is 6. The number of imidazole rings is 1. The highest BCUT2D eigenvalue weighted by molar-refractivity contribution is 5.93. The van der Waals surface area contributed by atoms with Gasteiger partial charge in [-0.05, 0) is 49.7 Å². The second-order valence-electron chi connectivity index (χ2n) is 11.2. The number of quaternary nitrogens is 1. The lowest BCUT2D eigenvalue weighted by Gasteiger charge is -2.38. The van der Waals surface area contributed by atoms with Crippen molar-refractivity contribution in [2.24, 2.45) is 0 Å². The maximum absolute atomic E-state index is 13.7. The molecule has 0 spiro atoms. The van der Waals surface area contributed by atoms with E-state index in [1.54, 1.807) is 37.6 Å². The minimum absolute atomic E-state index is 0.0153. The number of hydrogen-bond acceptors (Lipinski definition) is 9. The van der Waals surface area contributed by atoms with E-state index < -0.39 is 35.9 Å². The standard InChI is InChI=1S/C30H29F3N8O3.CH2O2/c1-17-25(27(42)44-5)26(40-28(37-38-29(40)43)39(17)22-8-6-7-21(12-22)30(31,32)33)23-10-9-19(13-34)11-20(23)15-41(3,4)18(2)24-14-35-16-36-24;2-1-3/h6-12,14,16,18,26H,15H2,1-5H3,(H-,35,36,38,43);1H,(H,2,3). The maximum atomic E-state index is 13.7. The topological polar surface area (TPSA) is 173 Å². The molecule has 0 amide bonds. The van der Waals surface area contributed by atoms with Gasteiger partial charge in [0.25, 0.3) is 0 Å². The second kappa shape index (κ2) is 13.3. The Bertz CT molecular complexity index is 1900. The summed E-state index contributed by atoms with van der Waals surface area (Å²) >= 11 is 0. The molecule has 0 fully saturated rings. The van der Waals surface area contributed by atoms with E-state index in [1.165, 1.54) is 28.7 Å². The van der Waals surface area contributed by atoms with Gasteiger partial charge in [-0.1, -0.05) is 12.1 Å². The quantitative estimate of drug-likeness (QED) is 0.173. The van der Waals surface area contributed by atoms with Gasteiger partial charge >= 0.3 is 17.8 Å². The van der Waals surface area contributed by atoms with Gasteiger partial charge in [-0.2, -0.15) is 18.4 Å². The number of carbonyl (C=O) groups excluding carboxylic acids is 2. The van der Waals surface area contributed by atoms with Crippen LogP contribution < -0.4 is 15.7 Å². The number of nitrogens with one attached hydrogen (secondary N) is 2. The molecule has 2 aromatic carbocycles. The predicted octanol–water partition coefficient (Wildman–Crippen LogP) is 3.08. The van der Waals surface area contributed by atoms with Crippen LogP contribution in [0.25, 0.3) is 0 Å². The molecule has 3 heterocycles. The van der Waals surface area contributed by atoms with Crippen molar-refractivity contribution >= 4 is 24.1 Å². The molecular formula is C31H31F3N8O5. The Morgan fingerprint density at radius 1 is 1.26 bits per heavy atom. The van der Waals surface area contributed by atoms with Crippen molar-refractivity contribution in [3.63, 3.8) is 0 Å². The summed E-state index contributed by atoms with van der Waals surface area (Å²) in [6.45, 7) is 3.44. The van der Waals surface area contributed by atoms with Crippen LogP contribution in [-0.4, -0.2) is 62.9 Å². The summed E-state index contributed by atoms with van der Waals surface area (Å²) in [4.78, 5) is 43.8. The third-order valence-electron chi connectivity index (χ3n) is 8.12. The number of ether oxygens (including phenoxy) is 1. The van der Waals surface area contributed by atoms with E-state index in [0.717, 1.165) is 17.8 Å². The molecule has 0 bridgehead atoms. The van der Waals surface area contributed by atoms with Crippen molar-refractivity contribution in [3.8, 4) is 6.07 Å². The zero-order valence-electron chi connectivity index (χ0n) is 26.0. The third-order valence-corrected chi connectivity index (χ3v) is 8.12. The lowest BCUT2D eigenvalue weighted by atomic mass is 9.89. The molecule has 1 aliphatic rings. The number of alkyl halides is 3. The molecule has 0 saturated carbocycles. The number of aromatic nitrogens is 5. The van der Waals surface area contributed by atoms with Gasteiger partial charge in [0.05, 0.1) is 50.3 Å². The molecule has 47 heavy (non-hydrogen) atoms. The number of esters is 1. The molecule has 246 valence electrons. The minimum Gasteiger partial charge on any atom is -0.554 e. The lowest BCUT2D eigenvalue weighted by Crippen LogP contribution is -2.42. The van der Waals surface area contributed by atoms with Crippen molar-refractivity contribution in [1.29, 1.82) is 5.26 Å². The van der Waals surface area contributed by atoms with Crippen molar-refractivity contribution in [2.45, 2.75) is 38.7 Å². The maximum Gasteiger partial charge on any atom is 0.416 e. The number of benzene rings is 2. The van der Waals surface area contributed by atoms with Crippen molar-refractivity contribution in [3.05, 3.63) is 105 Å². The van der Waals surface area contributed by atoms with E-state index in [1.807, 2.05) is 21.0 Å². The van der Waals surface area contributed by atoms with Crippen LogP contribution in [0.4, 0.5) is 24.8 Å². The number of methoxy groups -OCH3 is 1. The number of aromatic amines is 2. The molecule has 4 aromatic rings. The lowest BCUT2D eigenvalue weighted by molar-refractivity contribution is -0.932. The Balaban J connectivity index is 0.00000160. The Morgan fingerprint density at radius 3 is 2.55 bits per heavy atom. The van der Waals surface area contributed by atoms with Crippen LogP contribution in [0, 0.1) is 11.3 Å². The van der Waals surface area contributed by atoms with Gasteiger partial charge in [0, 0.05) is 29.6 Å². The first-order chi connectivity index (χ1) is 22.2. The average molecular weight is 653 g/mol. The molecule has 2 N–H and O–H groups in total. The summed E-state index contributed by atoms with van der Waals surface area (Å²) in [5, 5.41) is 24.6. The monoisotopic (exact) mass is 652 g/mol. The summed E-state index contributed by atoms with van der Waals surface area (Å²) in [7, 11) is 5.18. The van der Waals surface area contributed by atoms with Crippen LogP contribution in [0.5, 0.6) is 0 Å². The highest BCUT2D eigenvalue weighted by atomic mass is 19.4. The molecule has 0 aliphatic carbocycles. The zero-order chi connectivity index (χ0) is 34.7. The summed E-state index contributed by atoms with van der Waals surface area (Å²) in [5.41, 5.74) is 1.08. The molecule has 13 nitrogen and oxygen atoms in total. The molecule has 2 aromatic heterocycles. The van der Waals surface area contributed by atoms with E-state index in [-0.39, 0.29) is 28.9 Å². The second-order valence-corrected chi connectivity index (χ2v) is 11.2. The van der Waals surface area contributed by atoms with Crippen LogP contribution in [-0.2, 0) is 27.0 Å². The Morgan fingerprint density at radius 2 is 1.96 bits per heavy atom. The van der Waals surface area contributed by atoms with Gasteiger partial charge in [0.2, 0.25) is 5.95 Å². The fourth-order valence-corrected chi connectivity index (χ4v) is 5.59. The van der Waals surface area contributed by atoms with Gasteiger partial charge in [-0.25, -0.2) is 24.2 Å². The summed E-state index contributed by atoms with van der Waals surface area (Å²) in [5.74, 6) is -0.796. The van der Waals surface area contributed by atoms with Crippen molar-refractivity contribution in [1.82, 2.24) is 24.7 Å². The van der Waals surface area contributed by atoms with Gasteiger partial charge in [0.15, 0.2) is 0 Å². The molecule has 2 unspecified atom stereocenters. The number of anilines is 2. The molecule has 0 saturated heterocycles. The number of H-pyrrole nitrogens is 2. The number of halogens is 3. The SMILES string of the molecule is COC(=O)C1=C(C)N(c2cccc(C(F)(F)F)c2)c2n[nH]c(=O)n2C1c1ccc(C#N)cc1C[N+](C)(C)C(C)c1c[nH]cn1.O=C[O-]. The number of hydrogen-bond donors (Lipinski definition) is 2. The molecular weight excluding hydrogens is 621 g/mol. The number of carbonyl (C=O) groups is 2. The van der Waals surface area contributed by atoms with Crippen LogP contribution in [0.3, 0.4) is 0 Å². The number of rotatable bonds is 7. The van der Waals surface area contributed by atoms with E-state index in [2.05, 4.69) is 26.2 Å². The van der Waals surface area contributed by atoms with Gasteiger partial charge in [-0.15, -0.1) is 5.10 Å². The molecule has 16 heteroatoms. The van der Waals surface area contributed by atoms with Crippen LogP contribution in [0.1, 0.15) is 53.9 Å². The molecule has 1 aliphatic heterocycles. The van der Waals surface area contributed by atoms with Crippen molar-refractivity contribution in [2.75, 3.05) is 26.1 Å². The van der Waals surface area contributed by atoms with Crippen molar-refractivity contribution < 1.29 is 37.1 Å². The first-order valence-corrected chi connectivity index (χ1v) is 14.0. The highest BCUT2D eigenvalue weighted by Crippen LogP contribution is 2.44. The molecule has 0 radical (unpaired) electrons. The number of allylic oxidation sites excluding steroid dienone is 1. The first-order valence-electron chi connectivity index (χ1n) is 14.0. The van der Waals surface area contributed by atoms with Gasteiger partial charge < -0.3 is 24.1 Å².